The van der Waals surface area contributed by atoms with Crippen LogP contribution in [0.2, 0.25) is 0 Å². The highest BCUT2D eigenvalue weighted by Gasteiger charge is 2.23. The third-order valence-electron chi connectivity index (χ3n) is 6.34. The molecule has 36 heavy (non-hydrogen) atoms. The minimum Gasteiger partial charge on any atom is -0.357 e. The van der Waals surface area contributed by atoms with Crippen molar-refractivity contribution in [2.24, 2.45) is 5.73 Å². The molecule has 9 heteroatoms. The molecule has 9 nitrogen and oxygen atoms in total. The van der Waals surface area contributed by atoms with Crippen LogP contribution in [0.5, 0.6) is 0 Å². The van der Waals surface area contributed by atoms with Crippen LogP contribution in [0.25, 0.3) is 33.4 Å². The molecule has 4 heterocycles. The Bertz CT molecular complexity index is 1460. The van der Waals surface area contributed by atoms with Gasteiger partial charge in [-0.2, -0.15) is 4.98 Å². The predicted molar refractivity (Wildman–Crippen MR) is 140 cm³/mol. The first-order valence-corrected chi connectivity index (χ1v) is 12.1. The number of aromatic nitrogens is 4. The van der Waals surface area contributed by atoms with Crippen molar-refractivity contribution in [1.82, 2.24) is 19.5 Å². The fraction of sp³-hybridized carbons (Fsp3) is 0.333. The van der Waals surface area contributed by atoms with Crippen LogP contribution < -0.4 is 16.6 Å². The number of aryl methyl sites for hydroxylation is 2. The lowest BCUT2D eigenvalue weighted by atomic mass is 9.95. The van der Waals surface area contributed by atoms with Gasteiger partial charge in [-0.1, -0.05) is 25.1 Å². The highest BCUT2D eigenvalue weighted by molar-refractivity contribution is 5.83. The van der Waals surface area contributed by atoms with Crippen molar-refractivity contribution in [2.45, 2.75) is 39.1 Å². The molecule has 0 saturated carbocycles. The van der Waals surface area contributed by atoms with Crippen molar-refractivity contribution in [1.29, 1.82) is 0 Å². The molecule has 3 N–H and O–H groups in total. The number of nitrogens with one attached hydrogen (secondary N) is 1. The number of fused-ring (bicyclic) bond motifs is 1. The molecule has 186 valence electrons. The Morgan fingerprint density at radius 1 is 1.11 bits per heavy atom. The molecule has 0 amide bonds. The van der Waals surface area contributed by atoms with Gasteiger partial charge in [0.1, 0.15) is 5.65 Å². The maximum Gasteiger partial charge on any atom is 0.260 e. The normalized spacial score (nSPS) is 17.9. The van der Waals surface area contributed by atoms with Crippen LogP contribution in [0.4, 0.5) is 5.95 Å². The molecular weight excluding hydrogens is 456 g/mol. The maximum absolute atomic E-state index is 13.9. The van der Waals surface area contributed by atoms with Crippen molar-refractivity contribution >= 4 is 17.0 Å². The summed E-state index contributed by atoms with van der Waals surface area (Å²) in [5, 5.41) is 3.70. The van der Waals surface area contributed by atoms with Gasteiger partial charge >= 0.3 is 0 Å². The lowest BCUT2D eigenvalue weighted by Crippen LogP contribution is -2.43. The van der Waals surface area contributed by atoms with Gasteiger partial charge in [0.15, 0.2) is 6.29 Å². The number of anilines is 1. The molecule has 3 aromatic heterocycles. The molecule has 1 aromatic carbocycles. The Kier molecular flexibility index (Phi) is 6.77. The van der Waals surface area contributed by atoms with E-state index in [1.54, 1.807) is 17.8 Å². The Balaban J connectivity index is 1.64. The summed E-state index contributed by atoms with van der Waals surface area (Å²) < 4.78 is 13.1. The van der Waals surface area contributed by atoms with E-state index >= 15 is 0 Å². The molecule has 1 aliphatic rings. The molecule has 0 atom stereocenters. The molecule has 0 aliphatic carbocycles. The second-order valence-corrected chi connectivity index (χ2v) is 8.94. The first-order valence-electron chi connectivity index (χ1n) is 12.1. The highest BCUT2D eigenvalue weighted by atomic mass is 16.7. The molecule has 4 aromatic rings. The molecule has 0 spiro atoms. The van der Waals surface area contributed by atoms with Gasteiger partial charge in [0.05, 0.1) is 31.5 Å². The quantitative estimate of drug-likeness (QED) is 0.427. The van der Waals surface area contributed by atoms with Crippen LogP contribution in [0, 0.1) is 6.92 Å². The third-order valence-corrected chi connectivity index (χ3v) is 6.34. The van der Waals surface area contributed by atoms with Gasteiger partial charge in [0.2, 0.25) is 5.95 Å². The van der Waals surface area contributed by atoms with Crippen molar-refractivity contribution in [3.8, 4) is 22.4 Å². The minimum atomic E-state index is -0.589. The van der Waals surface area contributed by atoms with E-state index in [-0.39, 0.29) is 18.1 Å². The second kappa shape index (κ2) is 10.1. The summed E-state index contributed by atoms with van der Waals surface area (Å²) in [4.78, 5) is 27.5. The van der Waals surface area contributed by atoms with Crippen molar-refractivity contribution < 1.29 is 9.47 Å². The lowest BCUT2D eigenvalue weighted by Gasteiger charge is -2.28. The van der Waals surface area contributed by atoms with Gasteiger partial charge in [-0.3, -0.25) is 14.3 Å². The van der Waals surface area contributed by atoms with E-state index in [2.05, 4.69) is 33.3 Å². The summed E-state index contributed by atoms with van der Waals surface area (Å²) in [6, 6.07) is 13.8. The van der Waals surface area contributed by atoms with E-state index in [4.69, 9.17) is 15.2 Å². The van der Waals surface area contributed by atoms with Gasteiger partial charge < -0.3 is 20.5 Å². The zero-order chi connectivity index (χ0) is 25.2. The van der Waals surface area contributed by atoms with E-state index in [1.807, 2.05) is 43.3 Å². The SMILES string of the molecule is CCc1cc(-c2cccc(C)n2)ccc1-c1cc2cnc(NC)nc2n(CC2OCC(N)CO2)c1=O. The minimum absolute atomic E-state index is 0.165. The molecule has 0 radical (unpaired) electrons. The molecule has 1 saturated heterocycles. The number of pyridine rings is 2. The topological polar surface area (TPSA) is 117 Å². The number of nitrogens with two attached hydrogens (primary N) is 1. The Labute approximate surface area is 209 Å². The first kappa shape index (κ1) is 24.1. The summed E-state index contributed by atoms with van der Waals surface area (Å²) in [7, 11) is 1.74. The Morgan fingerprint density at radius 2 is 1.92 bits per heavy atom. The summed E-state index contributed by atoms with van der Waals surface area (Å²) in [6.45, 7) is 5.01. The van der Waals surface area contributed by atoms with E-state index < -0.39 is 6.29 Å². The Hall–Kier alpha value is -3.66. The van der Waals surface area contributed by atoms with E-state index in [0.717, 1.165) is 39.9 Å². The predicted octanol–water partition coefficient (Wildman–Crippen LogP) is 3.13. The molecule has 0 bridgehead atoms. The Morgan fingerprint density at radius 3 is 2.64 bits per heavy atom. The number of hydrogen-bond donors (Lipinski definition) is 2. The van der Waals surface area contributed by atoms with Crippen LogP contribution >= 0.6 is 0 Å². The van der Waals surface area contributed by atoms with E-state index in [9.17, 15) is 4.79 Å². The van der Waals surface area contributed by atoms with Gasteiger partial charge in [0.25, 0.3) is 5.56 Å². The number of benzene rings is 1. The second-order valence-electron chi connectivity index (χ2n) is 8.94. The largest absolute Gasteiger partial charge is 0.357 e. The monoisotopic (exact) mass is 486 g/mol. The van der Waals surface area contributed by atoms with Crippen molar-refractivity contribution in [3.05, 3.63) is 70.3 Å². The van der Waals surface area contributed by atoms with Crippen molar-refractivity contribution in [2.75, 3.05) is 25.6 Å². The lowest BCUT2D eigenvalue weighted by molar-refractivity contribution is -0.191. The first-order chi connectivity index (χ1) is 17.5. The smallest absolute Gasteiger partial charge is 0.260 e. The van der Waals surface area contributed by atoms with Gasteiger partial charge in [-0.15, -0.1) is 0 Å². The zero-order valence-electron chi connectivity index (χ0n) is 20.7. The van der Waals surface area contributed by atoms with Crippen molar-refractivity contribution in [3.63, 3.8) is 0 Å². The maximum atomic E-state index is 13.9. The standard InChI is InChI=1S/C27H30N6O3/c1-4-17-10-18(23-7-5-6-16(2)31-23)8-9-21(17)22-11-19-12-30-27(29-3)32-25(19)33(26(22)34)13-24-35-14-20(28)15-36-24/h5-12,20,24H,4,13-15,28H2,1-3H3,(H,29,30,32). The number of ether oxygens (including phenoxy) is 2. The van der Waals surface area contributed by atoms with E-state index in [1.165, 1.54) is 0 Å². The molecule has 5 rings (SSSR count). The van der Waals surface area contributed by atoms with Gasteiger partial charge in [-0.25, -0.2) is 4.98 Å². The molecule has 1 fully saturated rings. The number of nitrogens with zero attached hydrogens (tertiary/aromatic N) is 4. The molecule has 1 aliphatic heterocycles. The van der Waals surface area contributed by atoms with Crippen LogP contribution in [0.15, 0.2) is 53.5 Å². The molecular formula is C27H30N6O3. The fourth-order valence-electron chi connectivity index (χ4n) is 4.47. The van der Waals surface area contributed by atoms with Crippen LogP contribution in [-0.2, 0) is 22.4 Å². The average molecular weight is 487 g/mol. The van der Waals surface area contributed by atoms with Crippen LogP contribution in [0.3, 0.4) is 0 Å². The molecule has 0 unspecified atom stereocenters. The summed E-state index contributed by atoms with van der Waals surface area (Å²) >= 11 is 0. The van der Waals surface area contributed by atoms with Crippen LogP contribution in [-0.4, -0.2) is 52.1 Å². The van der Waals surface area contributed by atoms with Gasteiger partial charge in [-0.05, 0) is 48.7 Å². The summed E-state index contributed by atoms with van der Waals surface area (Å²) in [5.74, 6) is 0.431. The number of hydrogen-bond acceptors (Lipinski definition) is 8. The van der Waals surface area contributed by atoms with Crippen LogP contribution in [0.1, 0.15) is 18.2 Å². The fourth-order valence-corrected chi connectivity index (χ4v) is 4.47. The van der Waals surface area contributed by atoms with Gasteiger partial charge in [0, 0.05) is 35.5 Å². The summed E-state index contributed by atoms with van der Waals surface area (Å²) in [5.41, 5.74) is 11.6. The number of rotatable bonds is 6. The van der Waals surface area contributed by atoms with E-state index in [0.29, 0.717) is 30.4 Å². The average Bonchev–Trinajstić information content (AvgIpc) is 2.90. The summed E-state index contributed by atoms with van der Waals surface area (Å²) in [6.07, 6.45) is 1.89. The third kappa shape index (κ3) is 4.73. The highest BCUT2D eigenvalue weighted by Crippen LogP contribution is 2.29. The zero-order valence-corrected chi connectivity index (χ0v) is 20.7.